The largest absolute Gasteiger partial charge is 0.490 e. The Morgan fingerprint density at radius 1 is 1.29 bits per heavy atom. The van der Waals surface area contributed by atoms with Crippen LogP contribution < -0.4 is 15.4 Å². The maximum absolute atomic E-state index is 15.4. The Hall–Kier alpha value is -3.33. The number of amides is 1. The van der Waals surface area contributed by atoms with Crippen molar-refractivity contribution in [3.05, 3.63) is 59.4 Å². The zero-order valence-electron chi connectivity index (χ0n) is 20.1. The van der Waals surface area contributed by atoms with Gasteiger partial charge in [0.15, 0.2) is 5.69 Å². The highest BCUT2D eigenvalue weighted by Crippen LogP contribution is 2.33. The van der Waals surface area contributed by atoms with Crippen LogP contribution in [-0.2, 0) is 12.1 Å². The number of hydrogen-bond donors (Lipinski definition) is 2. The van der Waals surface area contributed by atoms with E-state index < -0.39 is 0 Å². The van der Waals surface area contributed by atoms with E-state index >= 15 is 4.39 Å². The molecule has 9 heteroatoms. The summed E-state index contributed by atoms with van der Waals surface area (Å²) in [5, 5.41) is 14.2. The highest BCUT2D eigenvalue weighted by atomic mass is 19.1. The minimum Gasteiger partial charge on any atom is -0.490 e. The number of carbonyl (C=O) groups is 1. The van der Waals surface area contributed by atoms with Gasteiger partial charge in [0.25, 0.3) is 5.91 Å². The van der Waals surface area contributed by atoms with Gasteiger partial charge in [-0.3, -0.25) is 9.78 Å². The van der Waals surface area contributed by atoms with Crippen molar-refractivity contribution in [2.45, 2.75) is 58.7 Å². The van der Waals surface area contributed by atoms with Crippen LogP contribution in [0, 0.1) is 12.7 Å². The molecule has 1 aromatic carbocycles. The van der Waals surface area contributed by atoms with E-state index in [1.54, 1.807) is 42.3 Å². The second kappa shape index (κ2) is 9.89. The summed E-state index contributed by atoms with van der Waals surface area (Å²) >= 11 is 0. The summed E-state index contributed by atoms with van der Waals surface area (Å²) in [6.45, 7) is 9.32. The van der Waals surface area contributed by atoms with E-state index in [9.17, 15) is 4.79 Å². The van der Waals surface area contributed by atoms with Crippen LogP contribution in [0.4, 0.5) is 4.39 Å². The Bertz CT molecular complexity index is 1160. The molecule has 34 heavy (non-hydrogen) atoms. The fourth-order valence-electron chi connectivity index (χ4n) is 3.89. The molecule has 4 rings (SSSR count). The number of aromatic nitrogens is 4. The molecule has 1 saturated heterocycles. The number of ether oxygens (including phenoxy) is 1. The smallest absolute Gasteiger partial charge is 0.273 e. The first-order chi connectivity index (χ1) is 16.2. The molecule has 180 valence electrons. The predicted molar refractivity (Wildman–Crippen MR) is 127 cm³/mol. The van der Waals surface area contributed by atoms with Gasteiger partial charge in [-0.1, -0.05) is 17.3 Å². The predicted octanol–water partition coefficient (Wildman–Crippen LogP) is 3.60. The molecule has 1 unspecified atom stereocenters. The van der Waals surface area contributed by atoms with Crippen LogP contribution in [0.25, 0.3) is 11.1 Å². The highest BCUT2D eigenvalue weighted by Gasteiger charge is 2.20. The summed E-state index contributed by atoms with van der Waals surface area (Å²) in [7, 11) is 0. The molecule has 1 amide bonds. The molecular weight excluding hydrogens is 435 g/mol. The minimum atomic E-state index is -0.357. The van der Waals surface area contributed by atoms with Crippen LogP contribution in [0.3, 0.4) is 0 Å². The Kier molecular flexibility index (Phi) is 6.92. The molecule has 0 radical (unpaired) electrons. The van der Waals surface area contributed by atoms with Gasteiger partial charge < -0.3 is 15.4 Å². The fraction of sp³-hybridized carbons (Fsp3) is 0.440. The van der Waals surface area contributed by atoms with E-state index in [-0.39, 0.29) is 29.5 Å². The summed E-state index contributed by atoms with van der Waals surface area (Å²) in [5.74, 6) is -0.150. The van der Waals surface area contributed by atoms with Crippen LogP contribution in [0.5, 0.6) is 5.75 Å². The van der Waals surface area contributed by atoms with Gasteiger partial charge in [0.1, 0.15) is 18.2 Å². The Morgan fingerprint density at radius 2 is 2.12 bits per heavy atom. The third-order valence-corrected chi connectivity index (χ3v) is 6.03. The van der Waals surface area contributed by atoms with Crippen LogP contribution >= 0.6 is 0 Å². The van der Waals surface area contributed by atoms with Crippen molar-refractivity contribution in [3.8, 4) is 16.9 Å². The Balaban J connectivity index is 1.47. The lowest BCUT2D eigenvalue weighted by Crippen LogP contribution is -2.28. The Morgan fingerprint density at radius 3 is 2.82 bits per heavy atom. The molecule has 2 aromatic heterocycles. The summed E-state index contributed by atoms with van der Waals surface area (Å²) < 4.78 is 23.1. The van der Waals surface area contributed by atoms with Gasteiger partial charge in [-0.25, -0.2) is 9.07 Å². The molecule has 1 aliphatic rings. The van der Waals surface area contributed by atoms with Gasteiger partial charge in [0.2, 0.25) is 0 Å². The lowest BCUT2D eigenvalue weighted by atomic mass is 9.98. The number of nitrogens with zero attached hydrogens (tertiary/aromatic N) is 4. The van der Waals surface area contributed by atoms with E-state index in [2.05, 4.69) is 25.9 Å². The first-order valence-corrected chi connectivity index (χ1v) is 11.5. The second-order valence-corrected chi connectivity index (χ2v) is 9.59. The highest BCUT2D eigenvalue weighted by molar-refractivity contribution is 5.91. The lowest BCUT2D eigenvalue weighted by Gasteiger charge is -2.17. The standard InChI is InChI=1S/C25H31FN6O2/c1-16-17(12-29-24(33)21-14-32(31-30-21)25(2,3)4)7-8-20(23(16)26)19-9-11-27-13-22(19)34-15-18-6-5-10-28-18/h7-9,11,13-14,18,28H,5-6,10,12,15H2,1-4H3,(H,29,33). The van der Waals surface area contributed by atoms with Crippen molar-refractivity contribution in [3.63, 3.8) is 0 Å². The fourth-order valence-corrected chi connectivity index (χ4v) is 3.89. The molecule has 1 aliphatic heterocycles. The van der Waals surface area contributed by atoms with Gasteiger partial charge >= 0.3 is 0 Å². The molecule has 0 bridgehead atoms. The summed E-state index contributed by atoms with van der Waals surface area (Å²) in [6.07, 6.45) is 7.06. The maximum atomic E-state index is 15.4. The van der Waals surface area contributed by atoms with Gasteiger partial charge in [-0.05, 0) is 64.3 Å². The number of benzene rings is 1. The topological polar surface area (TPSA) is 94.0 Å². The van der Waals surface area contributed by atoms with Crippen LogP contribution in [0.15, 0.2) is 36.8 Å². The number of rotatable bonds is 7. The SMILES string of the molecule is Cc1c(CNC(=O)c2cn(C(C)(C)C)nn2)ccc(-c2ccncc2OCC2CCCN2)c1F. The number of nitrogens with one attached hydrogen (secondary N) is 2. The molecule has 3 aromatic rings. The molecule has 2 N–H and O–H groups in total. The molecule has 0 saturated carbocycles. The molecule has 0 aliphatic carbocycles. The Labute approximate surface area is 198 Å². The summed E-state index contributed by atoms with van der Waals surface area (Å²) in [6, 6.07) is 5.60. The van der Waals surface area contributed by atoms with Gasteiger partial charge in [-0.15, -0.1) is 5.10 Å². The molecule has 1 fully saturated rings. The maximum Gasteiger partial charge on any atom is 0.273 e. The van der Waals surface area contributed by atoms with Gasteiger partial charge in [-0.2, -0.15) is 0 Å². The third-order valence-electron chi connectivity index (χ3n) is 6.03. The number of carbonyl (C=O) groups excluding carboxylic acids is 1. The first kappa shape index (κ1) is 23.8. The molecule has 3 heterocycles. The van der Waals surface area contributed by atoms with E-state index in [4.69, 9.17) is 4.74 Å². The number of hydrogen-bond acceptors (Lipinski definition) is 6. The minimum absolute atomic E-state index is 0.178. The molecule has 0 spiro atoms. The van der Waals surface area contributed by atoms with Crippen molar-refractivity contribution in [1.82, 2.24) is 30.6 Å². The zero-order valence-corrected chi connectivity index (χ0v) is 20.1. The summed E-state index contributed by atoms with van der Waals surface area (Å²) in [4.78, 5) is 16.7. The molecule has 1 atom stereocenters. The number of halogens is 1. The normalized spacial score (nSPS) is 16.0. The quantitative estimate of drug-likeness (QED) is 0.553. The van der Waals surface area contributed by atoms with Crippen molar-refractivity contribution in [2.75, 3.05) is 13.2 Å². The summed E-state index contributed by atoms with van der Waals surface area (Å²) in [5.41, 5.74) is 2.20. The monoisotopic (exact) mass is 466 g/mol. The first-order valence-electron chi connectivity index (χ1n) is 11.5. The second-order valence-electron chi connectivity index (χ2n) is 9.59. The third kappa shape index (κ3) is 5.25. The van der Waals surface area contributed by atoms with E-state index in [1.807, 2.05) is 26.8 Å². The van der Waals surface area contributed by atoms with Gasteiger partial charge in [0.05, 0.1) is 17.9 Å². The number of pyridine rings is 1. The van der Waals surface area contributed by atoms with Crippen LogP contribution in [0.1, 0.15) is 55.2 Å². The van der Waals surface area contributed by atoms with Gasteiger partial charge in [0, 0.05) is 29.9 Å². The molecule has 8 nitrogen and oxygen atoms in total. The van der Waals surface area contributed by atoms with Crippen molar-refractivity contribution in [1.29, 1.82) is 0 Å². The van der Waals surface area contributed by atoms with E-state index in [0.717, 1.165) is 19.4 Å². The van der Waals surface area contributed by atoms with Crippen LogP contribution in [-0.4, -0.2) is 45.1 Å². The van der Waals surface area contributed by atoms with Crippen molar-refractivity contribution in [2.24, 2.45) is 0 Å². The zero-order chi connectivity index (χ0) is 24.3. The van der Waals surface area contributed by atoms with Crippen LogP contribution in [0.2, 0.25) is 0 Å². The molecular formula is C25H31FN6O2. The van der Waals surface area contributed by atoms with E-state index in [0.29, 0.717) is 40.7 Å². The van der Waals surface area contributed by atoms with Crippen molar-refractivity contribution >= 4 is 5.91 Å². The average Bonchev–Trinajstić information content (AvgIpc) is 3.51. The average molecular weight is 467 g/mol. The lowest BCUT2D eigenvalue weighted by molar-refractivity contribution is 0.0945. The van der Waals surface area contributed by atoms with E-state index in [1.165, 1.54) is 0 Å². The van der Waals surface area contributed by atoms with Crippen molar-refractivity contribution < 1.29 is 13.9 Å².